The number of anilines is 1. The van der Waals surface area contributed by atoms with Crippen molar-refractivity contribution < 1.29 is 9.53 Å². The van der Waals surface area contributed by atoms with Crippen LogP contribution in [0.2, 0.25) is 0 Å². The summed E-state index contributed by atoms with van der Waals surface area (Å²) in [5.74, 6) is 1.01. The molecule has 0 saturated heterocycles. The van der Waals surface area contributed by atoms with Gasteiger partial charge in [-0.1, -0.05) is 15.9 Å². The van der Waals surface area contributed by atoms with Crippen molar-refractivity contribution in [3.05, 3.63) is 39.0 Å². The summed E-state index contributed by atoms with van der Waals surface area (Å²) in [4.78, 5) is 11.7. The Labute approximate surface area is 135 Å². The Balaban J connectivity index is 1.85. The third-order valence-corrected chi connectivity index (χ3v) is 4.83. The van der Waals surface area contributed by atoms with Crippen LogP contribution in [0.3, 0.4) is 0 Å². The molecular weight excluding hydrogens is 352 g/mol. The van der Waals surface area contributed by atoms with E-state index in [1.54, 1.807) is 6.92 Å². The van der Waals surface area contributed by atoms with Gasteiger partial charge < -0.3 is 10.1 Å². The van der Waals surface area contributed by atoms with Gasteiger partial charge in [0.15, 0.2) is 5.78 Å². The minimum atomic E-state index is 0.0412. The second-order valence-electron chi connectivity index (χ2n) is 5.03. The van der Waals surface area contributed by atoms with E-state index < -0.39 is 0 Å². The number of carbonyl (C=O) groups is 1. The molecule has 1 aliphatic rings. The number of carbonyl (C=O) groups excluding carboxylic acids is 1. The summed E-state index contributed by atoms with van der Waals surface area (Å²) in [5.41, 5.74) is 3.80. The molecule has 110 valence electrons. The van der Waals surface area contributed by atoms with E-state index in [1.807, 2.05) is 6.92 Å². The van der Waals surface area contributed by atoms with E-state index in [4.69, 9.17) is 4.74 Å². The van der Waals surface area contributed by atoms with Gasteiger partial charge in [0.05, 0.1) is 17.9 Å². The quantitative estimate of drug-likeness (QED) is 0.831. The summed E-state index contributed by atoms with van der Waals surface area (Å²) in [5, 5.41) is 4.15. The monoisotopic (exact) mass is 366 g/mol. The van der Waals surface area contributed by atoms with Crippen LogP contribution in [-0.4, -0.2) is 16.8 Å². The van der Waals surface area contributed by atoms with Gasteiger partial charge in [-0.05, 0) is 43.1 Å². The molecule has 1 aliphatic heterocycles. The van der Waals surface area contributed by atoms with E-state index in [0.717, 1.165) is 39.5 Å². The lowest BCUT2D eigenvalue weighted by Gasteiger charge is -2.10. The third kappa shape index (κ3) is 2.82. The standard InChI is InChI=1S/C15H15BrN2O2S/c1-8-13(9(2)19)15(21-18-8)17-7-11-6-12(16)5-10-3-4-20-14(10)11/h5-6,17H,3-4,7H2,1-2H3. The Morgan fingerprint density at radius 3 is 3.10 bits per heavy atom. The molecule has 0 saturated carbocycles. The highest BCUT2D eigenvalue weighted by atomic mass is 79.9. The zero-order chi connectivity index (χ0) is 15.0. The molecule has 0 unspecified atom stereocenters. The van der Waals surface area contributed by atoms with Gasteiger partial charge in [-0.15, -0.1) is 0 Å². The zero-order valence-corrected chi connectivity index (χ0v) is 14.2. The molecular formula is C15H15BrN2O2S. The molecule has 6 heteroatoms. The maximum Gasteiger partial charge on any atom is 0.164 e. The lowest BCUT2D eigenvalue weighted by molar-refractivity contribution is 0.101. The molecule has 1 N–H and O–H groups in total. The van der Waals surface area contributed by atoms with Crippen LogP contribution in [0.4, 0.5) is 5.00 Å². The lowest BCUT2D eigenvalue weighted by atomic mass is 10.1. The number of nitrogens with zero attached hydrogens (tertiary/aromatic N) is 1. The molecule has 0 atom stereocenters. The summed E-state index contributed by atoms with van der Waals surface area (Å²) >= 11 is 4.86. The summed E-state index contributed by atoms with van der Waals surface area (Å²) in [6, 6.07) is 4.15. The fourth-order valence-electron chi connectivity index (χ4n) is 2.56. The normalized spacial score (nSPS) is 12.9. The number of aromatic nitrogens is 1. The first-order valence-corrected chi connectivity index (χ1v) is 8.28. The van der Waals surface area contributed by atoms with E-state index in [1.165, 1.54) is 17.1 Å². The number of fused-ring (bicyclic) bond motifs is 1. The molecule has 0 fully saturated rings. The van der Waals surface area contributed by atoms with Crippen LogP contribution >= 0.6 is 27.5 Å². The zero-order valence-electron chi connectivity index (χ0n) is 11.8. The number of benzene rings is 1. The average molecular weight is 367 g/mol. The molecule has 4 nitrogen and oxygen atoms in total. The molecule has 0 bridgehead atoms. The van der Waals surface area contributed by atoms with Crippen LogP contribution in [0, 0.1) is 6.92 Å². The number of rotatable bonds is 4. The van der Waals surface area contributed by atoms with E-state index >= 15 is 0 Å². The summed E-state index contributed by atoms with van der Waals surface area (Å²) in [7, 11) is 0. The van der Waals surface area contributed by atoms with Crippen molar-refractivity contribution in [1.29, 1.82) is 0 Å². The SMILES string of the molecule is CC(=O)c1c(C)nsc1NCc1cc(Br)cc2c1OCC2. The van der Waals surface area contributed by atoms with Gasteiger partial charge in [-0.3, -0.25) is 4.79 Å². The highest BCUT2D eigenvalue weighted by molar-refractivity contribution is 9.10. The maximum atomic E-state index is 11.7. The first-order valence-electron chi connectivity index (χ1n) is 6.71. The number of halogens is 1. The minimum Gasteiger partial charge on any atom is -0.493 e. The Hall–Kier alpha value is -1.40. The Bertz CT molecular complexity index is 712. The summed E-state index contributed by atoms with van der Waals surface area (Å²) < 4.78 is 11.0. The molecule has 0 radical (unpaired) electrons. The molecule has 21 heavy (non-hydrogen) atoms. The van der Waals surface area contributed by atoms with Crippen LogP contribution in [0.15, 0.2) is 16.6 Å². The molecule has 1 aromatic carbocycles. The number of ketones is 1. The number of aryl methyl sites for hydroxylation is 1. The topological polar surface area (TPSA) is 51.2 Å². The van der Waals surface area contributed by atoms with Crippen LogP contribution in [0.5, 0.6) is 5.75 Å². The minimum absolute atomic E-state index is 0.0412. The second kappa shape index (κ2) is 5.77. The Morgan fingerprint density at radius 2 is 2.33 bits per heavy atom. The van der Waals surface area contributed by atoms with Crippen LogP contribution in [0.25, 0.3) is 0 Å². The number of Topliss-reactive ketones (excluding diaryl/α,β-unsaturated/α-hetero) is 1. The molecule has 0 spiro atoms. The van der Waals surface area contributed by atoms with Crippen molar-refractivity contribution in [2.24, 2.45) is 0 Å². The lowest BCUT2D eigenvalue weighted by Crippen LogP contribution is -2.04. The van der Waals surface area contributed by atoms with Gasteiger partial charge in [0.1, 0.15) is 10.8 Å². The van der Waals surface area contributed by atoms with Gasteiger partial charge in [-0.25, -0.2) is 0 Å². The van der Waals surface area contributed by atoms with Crippen molar-refractivity contribution in [2.45, 2.75) is 26.8 Å². The number of hydrogen-bond donors (Lipinski definition) is 1. The fraction of sp³-hybridized carbons (Fsp3) is 0.333. The predicted octanol–water partition coefficient (Wildman–Crippen LogP) is 3.96. The number of nitrogens with one attached hydrogen (secondary N) is 1. The van der Waals surface area contributed by atoms with Gasteiger partial charge >= 0.3 is 0 Å². The largest absolute Gasteiger partial charge is 0.493 e. The van der Waals surface area contributed by atoms with Crippen molar-refractivity contribution in [3.63, 3.8) is 0 Å². The van der Waals surface area contributed by atoms with Gasteiger partial charge in [-0.2, -0.15) is 4.37 Å². The number of hydrogen-bond acceptors (Lipinski definition) is 5. The second-order valence-corrected chi connectivity index (χ2v) is 6.72. The predicted molar refractivity (Wildman–Crippen MR) is 87.5 cm³/mol. The van der Waals surface area contributed by atoms with Crippen LogP contribution < -0.4 is 10.1 Å². The Morgan fingerprint density at radius 1 is 1.52 bits per heavy atom. The molecule has 2 heterocycles. The van der Waals surface area contributed by atoms with Gasteiger partial charge in [0.25, 0.3) is 0 Å². The average Bonchev–Trinajstić information content (AvgIpc) is 3.02. The molecule has 1 aromatic heterocycles. The van der Waals surface area contributed by atoms with Crippen LogP contribution in [0.1, 0.15) is 34.1 Å². The van der Waals surface area contributed by atoms with Crippen LogP contribution in [-0.2, 0) is 13.0 Å². The first-order chi connectivity index (χ1) is 10.1. The van der Waals surface area contributed by atoms with Crippen molar-refractivity contribution in [3.8, 4) is 5.75 Å². The third-order valence-electron chi connectivity index (χ3n) is 3.48. The van der Waals surface area contributed by atoms with E-state index in [0.29, 0.717) is 12.1 Å². The van der Waals surface area contributed by atoms with Crippen molar-refractivity contribution >= 4 is 38.2 Å². The number of ether oxygens (including phenoxy) is 1. The van der Waals surface area contributed by atoms with Gasteiger partial charge in [0, 0.05) is 23.0 Å². The molecule has 0 aliphatic carbocycles. The highest BCUT2D eigenvalue weighted by Gasteiger charge is 2.19. The maximum absolute atomic E-state index is 11.7. The van der Waals surface area contributed by atoms with Crippen molar-refractivity contribution in [1.82, 2.24) is 4.37 Å². The summed E-state index contributed by atoms with van der Waals surface area (Å²) in [6.45, 7) is 4.78. The smallest absolute Gasteiger partial charge is 0.164 e. The molecule has 0 amide bonds. The van der Waals surface area contributed by atoms with Crippen molar-refractivity contribution in [2.75, 3.05) is 11.9 Å². The highest BCUT2D eigenvalue weighted by Crippen LogP contribution is 2.34. The first kappa shape index (κ1) is 14.5. The van der Waals surface area contributed by atoms with E-state index in [9.17, 15) is 4.79 Å². The van der Waals surface area contributed by atoms with Gasteiger partial charge in [0.2, 0.25) is 0 Å². The van der Waals surface area contributed by atoms with E-state index in [-0.39, 0.29) is 5.78 Å². The molecule has 3 rings (SSSR count). The molecule has 2 aromatic rings. The Kier molecular flexibility index (Phi) is 3.99. The van der Waals surface area contributed by atoms with E-state index in [2.05, 4.69) is 37.8 Å². The fourth-order valence-corrected chi connectivity index (χ4v) is 3.95. The summed E-state index contributed by atoms with van der Waals surface area (Å²) in [6.07, 6.45) is 0.945.